The van der Waals surface area contributed by atoms with E-state index in [1.54, 1.807) is 18.2 Å². The van der Waals surface area contributed by atoms with Gasteiger partial charge in [-0.1, -0.05) is 30.3 Å². The molecule has 1 N–H and O–H groups in total. The van der Waals surface area contributed by atoms with Gasteiger partial charge >= 0.3 is 0 Å². The van der Waals surface area contributed by atoms with E-state index in [0.717, 1.165) is 45.2 Å². The van der Waals surface area contributed by atoms with Crippen LogP contribution in [0.1, 0.15) is 24.0 Å². The molecule has 0 bridgehead atoms. The van der Waals surface area contributed by atoms with E-state index in [1.165, 1.54) is 11.1 Å². The molecule has 0 aliphatic carbocycles. The molecule has 0 spiro atoms. The maximum Gasteiger partial charge on any atom is 0.230 e. The molecule has 1 aliphatic heterocycles. The molecule has 2 aromatic rings. The molecule has 1 aromatic carbocycles. The van der Waals surface area contributed by atoms with Crippen LogP contribution >= 0.6 is 0 Å². The molecule has 3 rings (SSSR count). The van der Waals surface area contributed by atoms with Gasteiger partial charge in [-0.25, -0.2) is 8.42 Å². The number of anilines is 1. The van der Waals surface area contributed by atoms with Crippen molar-refractivity contribution in [2.45, 2.75) is 25.8 Å². The molecule has 7 heteroatoms. The summed E-state index contributed by atoms with van der Waals surface area (Å²) in [5, 5.41) is 0. The number of benzene rings is 1. The largest absolute Gasteiger partial charge is 0.478 e. The summed E-state index contributed by atoms with van der Waals surface area (Å²) in [6.07, 6.45) is 4.21. The Kier molecular flexibility index (Phi) is 6.11. The molecule has 0 saturated heterocycles. The summed E-state index contributed by atoms with van der Waals surface area (Å²) in [4.78, 5) is 6.63. The van der Waals surface area contributed by atoms with Gasteiger partial charge in [-0.3, -0.25) is 9.62 Å². The topological polar surface area (TPSA) is 71.5 Å². The molecule has 0 radical (unpaired) electrons. The van der Waals surface area contributed by atoms with Crippen molar-refractivity contribution < 1.29 is 13.2 Å². The van der Waals surface area contributed by atoms with Crippen LogP contribution in [0.4, 0.5) is 5.82 Å². The summed E-state index contributed by atoms with van der Waals surface area (Å²) in [6, 6.07) is 13.7. The summed E-state index contributed by atoms with van der Waals surface area (Å²) in [5.41, 5.74) is 2.91. The fraction of sp³-hybridized carbons (Fsp3) is 0.421. The molecule has 140 valence electrons. The lowest BCUT2D eigenvalue weighted by atomic mass is 10.00. The highest BCUT2D eigenvalue weighted by molar-refractivity contribution is 7.92. The Labute approximate surface area is 155 Å². The Hall–Kier alpha value is -2.12. The van der Waals surface area contributed by atoms with Crippen molar-refractivity contribution in [1.82, 2.24) is 9.88 Å². The summed E-state index contributed by atoms with van der Waals surface area (Å²) < 4.78 is 30.5. The minimum Gasteiger partial charge on any atom is -0.478 e. The normalized spacial score (nSPS) is 14.7. The molecule has 6 nitrogen and oxygen atoms in total. The first-order valence-corrected chi connectivity index (χ1v) is 10.8. The smallest absolute Gasteiger partial charge is 0.230 e. The zero-order valence-electron chi connectivity index (χ0n) is 15.0. The van der Waals surface area contributed by atoms with Crippen LogP contribution in [0, 0.1) is 0 Å². The lowest BCUT2D eigenvalue weighted by molar-refractivity contribution is 0.233. The number of pyridine rings is 1. The molecule has 0 unspecified atom stereocenters. The van der Waals surface area contributed by atoms with E-state index in [-0.39, 0.29) is 5.82 Å². The third-order valence-corrected chi connectivity index (χ3v) is 4.92. The zero-order valence-corrected chi connectivity index (χ0v) is 15.8. The summed E-state index contributed by atoms with van der Waals surface area (Å²) >= 11 is 0. The molecule has 0 saturated carbocycles. The summed E-state index contributed by atoms with van der Waals surface area (Å²) in [7, 11) is -3.33. The minimum atomic E-state index is -3.33. The van der Waals surface area contributed by atoms with E-state index in [4.69, 9.17) is 4.74 Å². The van der Waals surface area contributed by atoms with Gasteiger partial charge in [-0.2, -0.15) is 4.98 Å². The number of ether oxygens (including phenoxy) is 1. The Morgan fingerprint density at radius 1 is 1.12 bits per heavy atom. The van der Waals surface area contributed by atoms with E-state index in [9.17, 15) is 8.42 Å². The maximum absolute atomic E-state index is 11.2. The first kappa shape index (κ1) is 18.7. The van der Waals surface area contributed by atoms with Crippen LogP contribution in [0.2, 0.25) is 0 Å². The Morgan fingerprint density at radius 3 is 2.73 bits per heavy atom. The van der Waals surface area contributed by atoms with Crippen LogP contribution in [0.5, 0.6) is 5.88 Å². The lowest BCUT2D eigenvalue weighted by Crippen LogP contribution is -2.31. The van der Waals surface area contributed by atoms with Gasteiger partial charge in [-0.05, 0) is 43.0 Å². The van der Waals surface area contributed by atoms with E-state index in [1.807, 2.05) is 0 Å². The van der Waals surface area contributed by atoms with Crippen molar-refractivity contribution in [2.24, 2.45) is 0 Å². The standard InChI is InChI=1S/C19H25N3O3S/c1-26(23,24)21-18-9-6-10-19(20-18)25-14-5-4-12-22-13-11-16-7-2-3-8-17(16)15-22/h2-3,6-10H,4-5,11-15H2,1H3,(H,20,21). The van der Waals surface area contributed by atoms with Crippen LogP contribution in [0.15, 0.2) is 42.5 Å². The van der Waals surface area contributed by atoms with Crippen molar-refractivity contribution in [3.05, 3.63) is 53.6 Å². The highest BCUT2D eigenvalue weighted by Crippen LogP contribution is 2.19. The van der Waals surface area contributed by atoms with Gasteiger partial charge in [-0.15, -0.1) is 0 Å². The number of rotatable bonds is 8. The molecular weight excluding hydrogens is 350 g/mol. The molecule has 1 aromatic heterocycles. The maximum atomic E-state index is 11.2. The van der Waals surface area contributed by atoms with Crippen molar-refractivity contribution in [3.8, 4) is 5.88 Å². The van der Waals surface area contributed by atoms with Gasteiger partial charge in [0.25, 0.3) is 0 Å². The molecule has 0 atom stereocenters. The number of nitrogens with zero attached hydrogens (tertiary/aromatic N) is 2. The second-order valence-electron chi connectivity index (χ2n) is 6.59. The second-order valence-corrected chi connectivity index (χ2v) is 8.33. The van der Waals surface area contributed by atoms with Crippen LogP contribution < -0.4 is 9.46 Å². The molecular formula is C19H25N3O3S. The fourth-order valence-electron chi connectivity index (χ4n) is 3.10. The quantitative estimate of drug-likeness (QED) is 0.718. The van der Waals surface area contributed by atoms with Crippen LogP contribution in [0.25, 0.3) is 0 Å². The predicted molar refractivity (Wildman–Crippen MR) is 103 cm³/mol. The molecule has 26 heavy (non-hydrogen) atoms. The van der Waals surface area contributed by atoms with Crippen molar-refractivity contribution in [3.63, 3.8) is 0 Å². The summed E-state index contributed by atoms with van der Waals surface area (Å²) in [6.45, 7) is 3.76. The van der Waals surface area contributed by atoms with E-state index < -0.39 is 10.0 Å². The Morgan fingerprint density at radius 2 is 1.92 bits per heavy atom. The highest BCUT2D eigenvalue weighted by atomic mass is 32.2. The second kappa shape index (κ2) is 8.51. The third-order valence-electron chi connectivity index (χ3n) is 4.34. The minimum absolute atomic E-state index is 0.275. The van der Waals surface area contributed by atoms with Gasteiger partial charge in [0.15, 0.2) is 0 Å². The Balaban J connectivity index is 1.38. The Bertz CT molecular complexity index is 839. The van der Waals surface area contributed by atoms with Crippen LogP contribution in [-0.2, 0) is 23.0 Å². The number of hydrogen-bond donors (Lipinski definition) is 1. The van der Waals surface area contributed by atoms with Crippen molar-refractivity contribution in [2.75, 3.05) is 30.7 Å². The van der Waals surface area contributed by atoms with E-state index >= 15 is 0 Å². The molecule has 2 heterocycles. The van der Waals surface area contributed by atoms with Gasteiger partial charge in [0.05, 0.1) is 12.9 Å². The van der Waals surface area contributed by atoms with Crippen LogP contribution in [-0.4, -0.2) is 44.3 Å². The van der Waals surface area contributed by atoms with Gasteiger partial charge in [0.1, 0.15) is 5.82 Å². The van der Waals surface area contributed by atoms with Crippen molar-refractivity contribution >= 4 is 15.8 Å². The molecule has 0 fully saturated rings. The number of unbranched alkanes of at least 4 members (excludes halogenated alkanes) is 1. The lowest BCUT2D eigenvalue weighted by Gasteiger charge is -2.28. The average molecular weight is 375 g/mol. The van der Waals surface area contributed by atoms with Gasteiger partial charge < -0.3 is 4.74 Å². The SMILES string of the molecule is CS(=O)(=O)Nc1cccc(OCCCCN2CCc3ccccc3C2)n1. The number of fused-ring (bicyclic) bond motifs is 1. The first-order valence-electron chi connectivity index (χ1n) is 8.86. The molecule has 0 amide bonds. The van der Waals surface area contributed by atoms with E-state index in [0.29, 0.717) is 12.5 Å². The number of sulfonamides is 1. The van der Waals surface area contributed by atoms with Crippen molar-refractivity contribution in [1.29, 1.82) is 0 Å². The zero-order chi connectivity index (χ0) is 18.4. The summed E-state index contributed by atoms with van der Waals surface area (Å²) in [5.74, 6) is 0.711. The number of hydrogen-bond acceptors (Lipinski definition) is 5. The monoisotopic (exact) mass is 375 g/mol. The van der Waals surface area contributed by atoms with Gasteiger partial charge in [0.2, 0.25) is 15.9 Å². The van der Waals surface area contributed by atoms with Crippen LogP contribution in [0.3, 0.4) is 0 Å². The first-order chi connectivity index (χ1) is 12.5. The fourth-order valence-corrected chi connectivity index (χ4v) is 3.59. The third kappa shape index (κ3) is 5.71. The molecule has 1 aliphatic rings. The number of nitrogens with one attached hydrogen (secondary N) is 1. The highest BCUT2D eigenvalue weighted by Gasteiger charge is 2.14. The predicted octanol–water partition coefficient (Wildman–Crippen LogP) is 2.67. The van der Waals surface area contributed by atoms with E-state index in [2.05, 4.69) is 38.9 Å². The van der Waals surface area contributed by atoms with Gasteiger partial charge in [0, 0.05) is 19.2 Å². The number of aromatic nitrogens is 1. The average Bonchev–Trinajstić information content (AvgIpc) is 2.60.